The smallest absolute Gasteiger partial charge is 0.271 e. The highest BCUT2D eigenvalue weighted by Crippen LogP contribution is 2.18. The zero-order valence-corrected chi connectivity index (χ0v) is 17.4. The van der Waals surface area contributed by atoms with Gasteiger partial charge in [-0.25, -0.2) is 5.01 Å². The van der Waals surface area contributed by atoms with Crippen molar-refractivity contribution in [3.05, 3.63) is 48.5 Å². The molecule has 0 atom stereocenters. The average Bonchev–Trinajstić information content (AvgIpc) is 2.77. The Labute approximate surface area is 180 Å². The van der Waals surface area contributed by atoms with Gasteiger partial charge in [0.15, 0.2) is 0 Å². The lowest BCUT2D eigenvalue weighted by Crippen LogP contribution is -2.40. The van der Waals surface area contributed by atoms with E-state index in [0.29, 0.717) is 29.5 Å². The summed E-state index contributed by atoms with van der Waals surface area (Å²) in [6.07, 6.45) is 0.309. The summed E-state index contributed by atoms with van der Waals surface area (Å²) in [6, 6.07) is 13.7. The summed E-state index contributed by atoms with van der Waals surface area (Å²) in [7, 11) is 1.56. The number of carbonyl (C=O) groups is 3. The third kappa shape index (κ3) is 6.05. The fourth-order valence-corrected chi connectivity index (χ4v) is 2.90. The number of ether oxygens (including phenoxy) is 2. The third-order valence-corrected chi connectivity index (χ3v) is 4.46. The van der Waals surface area contributed by atoms with Crippen LogP contribution in [0, 0.1) is 0 Å². The highest BCUT2D eigenvalue weighted by Gasteiger charge is 2.26. The summed E-state index contributed by atoms with van der Waals surface area (Å²) < 4.78 is 10.5. The van der Waals surface area contributed by atoms with Gasteiger partial charge < -0.3 is 20.1 Å². The monoisotopic (exact) mass is 424 g/mol. The molecule has 2 N–H and O–H groups in total. The molecule has 3 rings (SSSR count). The van der Waals surface area contributed by atoms with Crippen LogP contribution in [0.15, 0.2) is 53.6 Å². The van der Waals surface area contributed by atoms with Gasteiger partial charge in [-0.3, -0.25) is 14.4 Å². The molecule has 9 nitrogen and oxygen atoms in total. The van der Waals surface area contributed by atoms with Gasteiger partial charge in [-0.15, -0.1) is 0 Å². The van der Waals surface area contributed by atoms with Crippen molar-refractivity contribution in [2.75, 3.05) is 30.9 Å². The van der Waals surface area contributed by atoms with Crippen LogP contribution in [0.5, 0.6) is 11.5 Å². The molecule has 1 aliphatic rings. The largest absolute Gasteiger partial charge is 0.497 e. The van der Waals surface area contributed by atoms with Crippen molar-refractivity contribution in [3.8, 4) is 11.5 Å². The van der Waals surface area contributed by atoms with Gasteiger partial charge >= 0.3 is 0 Å². The third-order valence-electron chi connectivity index (χ3n) is 4.46. The number of anilines is 2. The van der Waals surface area contributed by atoms with E-state index < -0.39 is 11.8 Å². The Bertz CT molecular complexity index is 970. The van der Waals surface area contributed by atoms with Crippen molar-refractivity contribution in [3.63, 3.8) is 0 Å². The number of carbonyl (C=O) groups excluding carboxylic acids is 3. The van der Waals surface area contributed by atoms with E-state index in [9.17, 15) is 14.4 Å². The number of rotatable bonds is 8. The maximum absolute atomic E-state index is 12.5. The minimum Gasteiger partial charge on any atom is -0.497 e. The van der Waals surface area contributed by atoms with Gasteiger partial charge in [0.25, 0.3) is 5.91 Å². The first kappa shape index (κ1) is 21.8. The number of benzene rings is 2. The molecule has 1 heterocycles. The van der Waals surface area contributed by atoms with Crippen LogP contribution in [-0.2, 0) is 14.4 Å². The minimum atomic E-state index is -0.422. The van der Waals surface area contributed by atoms with Crippen LogP contribution in [0.25, 0.3) is 0 Å². The first-order valence-electron chi connectivity index (χ1n) is 9.84. The maximum atomic E-state index is 12.5. The van der Waals surface area contributed by atoms with E-state index in [-0.39, 0.29) is 31.0 Å². The molecule has 0 aromatic heterocycles. The lowest BCUT2D eigenvalue weighted by molar-refractivity contribution is -0.135. The van der Waals surface area contributed by atoms with Crippen molar-refractivity contribution in [1.29, 1.82) is 0 Å². The molecule has 0 spiro atoms. The van der Waals surface area contributed by atoms with Gasteiger partial charge in [0.2, 0.25) is 11.8 Å². The number of nitrogens with zero attached hydrogens (tertiary/aromatic N) is 2. The number of hydrogen-bond acceptors (Lipinski definition) is 6. The van der Waals surface area contributed by atoms with Gasteiger partial charge in [0.1, 0.15) is 23.8 Å². The first-order valence-corrected chi connectivity index (χ1v) is 9.84. The highest BCUT2D eigenvalue weighted by molar-refractivity contribution is 6.43. The van der Waals surface area contributed by atoms with E-state index in [1.165, 1.54) is 0 Å². The molecule has 1 aliphatic heterocycles. The van der Waals surface area contributed by atoms with E-state index in [1.807, 2.05) is 6.92 Å². The Balaban J connectivity index is 1.60. The molecule has 0 radical (unpaired) electrons. The molecule has 9 heteroatoms. The highest BCUT2D eigenvalue weighted by atomic mass is 16.5. The lowest BCUT2D eigenvalue weighted by Gasteiger charge is -2.22. The van der Waals surface area contributed by atoms with Crippen LogP contribution < -0.4 is 20.1 Å². The van der Waals surface area contributed by atoms with Gasteiger partial charge in [-0.1, -0.05) is 0 Å². The second-order valence-corrected chi connectivity index (χ2v) is 6.69. The summed E-state index contributed by atoms with van der Waals surface area (Å²) >= 11 is 0. The normalized spacial score (nSPS) is 13.3. The van der Waals surface area contributed by atoms with Crippen molar-refractivity contribution in [2.45, 2.75) is 19.8 Å². The maximum Gasteiger partial charge on any atom is 0.271 e. The van der Waals surface area contributed by atoms with Gasteiger partial charge in [-0.2, -0.15) is 5.10 Å². The SMILES string of the molecule is CCOc1ccc(NC(=O)CN2N=C(C(=O)Nc3ccc(OC)cc3)CCC2=O)cc1. The van der Waals surface area contributed by atoms with Crippen LogP contribution in [0.3, 0.4) is 0 Å². The van der Waals surface area contributed by atoms with Crippen LogP contribution >= 0.6 is 0 Å². The quantitative estimate of drug-likeness (QED) is 0.677. The fourth-order valence-electron chi connectivity index (χ4n) is 2.90. The van der Waals surface area contributed by atoms with Crippen LogP contribution in [0.1, 0.15) is 19.8 Å². The predicted molar refractivity (Wildman–Crippen MR) is 116 cm³/mol. The van der Waals surface area contributed by atoms with Crippen molar-refractivity contribution >= 4 is 34.8 Å². The Morgan fingerprint density at radius 1 is 0.968 bits per heavy atom. The molecule has 2 aromatic carbocycles. The van der Waals surface area contributed by atoms with Gasteiger partial charge in [0, 0.05) is 24.2 Å². The van der Waals surface area contributed by atoms with Crippen molar-refractivity contribution in [1.82, 2.24) is 5.01 Å². The molecule has 0 bridgehead atoms. The summed E-state index contributed by atoms with van der Waals surface area (Å²) in [6.45, 7) is 2.15. The minimum absolute atomic E-state index is 0.102. The van der Waals surface area contributed by atoms with Crippen molar-refractivity contribution in [2.24, 2.45) is 5.10 Å². The molecule has 0 fully saturated rings. The van der Waals surface area contributed by atoms with E-state index in [2.05, 4.69) is 15.7 Å². The standard InChI is InChI=1S/C22H24N4O5/c1-3-31-18-10-6-15(7-11-18)23-20(27)14-26-21(28)13-12-19(25-26)22(29)24-16-4-8-17(30-2)9-5-16/h4-11H,3,12-14H2,1-2H3,(H,23,27)(H,24,29). The van der Waals surface area contributed by atoms with E-state index in [0.717, 1.165) is 5.01 Å². The Morgan fingerprint density at radius 3 is 2.19 bits per heavy atom. The Kier molecular flexibility index (Phi) is 7.21. The zero-order valence-electron chi connectivity index (χ0n) is 17.4. The van der Waals surface area contributed by atoms with Crippen LogP contribution in [0.2, 0.25) is 0 Å². The van der Waals surface area contributed by atoms with Crippen LogP contribution in [-0.4, -0.2) is 48.7 Å². The molecule has 0 saturated heterocycles. The average molecular weight is 424 g/mol. The van der Waals surface area contributed by atoms with Crippen LogP contribution in [0.4, 0.5) is 11.4 Å². The molecule has 2 aromatic rings. The lowest BCUT2D eigenvalue weighted by atomic mass is 10.1. The van der Waals surface area contributed by atoms with E-state index in [1.54, 1.807) is 55.6 Å². The second-order valence-electron chi connectivity index (χ2n) is 6.69. The van der Waals surface area contributed by atoms with Gasteiger partial charge in [0.05, 0.1) is 13.7 Å². The zero-order chi connectivity index (χ0) is 22.2. The fraction of sp³-hybridized carbons (Fsp3) is 0.273. The van der Waals surface area contributed by atoms with Gasteiger partial charge in [-0.05, 0) is 55.5 Å². The Morgan fingerprint density at radius 2 is 1.58 bits per heavy atom. The van der Waals surface area contributed by atoms with Crippen molar-refractivity contribution < 1.29 is 23.9 Å². The number of amides is 3. The number of nitrogens with one attached hydrogen (secondary N) is 2. The Hall–Kier alpha value is -3.88. The molecule has 162 valence electrons. The summed E-state index contributed by atoms with van der Waals surface area (Å²) in [5.41, 5.74) is 1.33. The molecule has 0 saturated carbocycles. The summed E-state index contributed by atoms with van der Waals surface area (Å²) in [4.78, 5) is 37.0. The number of hydrazone groups is 1. The molecule has 0 unspecified atom stereocenters. The first-order chi connectivity index (χ1) is 15.0. The molecular formula is C22H24N4O5. The van der Waals surface area contributed by atoms with E-state index >= 15 is 0 Å². The molecule has 31 heavy (non-hydrogen) atoms. The second kappa shape index (κ2) is 10.2. The molecular weight excluding hydrogens is 400 g/mol. The van der Waals surface area contributed by atoms with E-state index in [4.69, 9.17) is 9.47 Å². The molecule has 0 aliphatic carbocycles. The molecule has 3 amide bonds. The predicted octanol–water partition coefficient (Wildman–Crippen LogP) is 2.65. The number of methoxy groups -OCH3 is 1. The summed E-state index contributed by atoms with van der Waals surface area (Å²) in [5, 5.41) is 10.6. The number of hydrogen-bond donors (Lipinski definition) is 2. The topological polar surface area (TPSA) is 109 Å². The summed E-state index contributed by atoms with van der Waals surface area (Å²) in [5.74, 6) is 0.211.